The number of rotatable bonds is 3. The third kappa shape index (κ3) is 2.34. The predicted molar refractivity (Wildman–Crippen MR) is 82.8 cm³/mol. The number of carbonyl (C=O) groups is 1. The largest absolute Gasteiger partial charge is 0.373 e. The Morgan fingerprint density at radius 1 is 1.45 bits per heavy atom. The molecule has 1 saturated heterocycles. The molecular weight excluding hydrogens is 284 g/mol. The fraction of sp³-hybridized carbons (Fsp3) is 0.333. The molecule has 7 nitrogen and oxygen atoms in total. The number of nitro groups is 1. The maximum Gasteiger partial charge on any atom is 0.295 e. The molecule has 1 fully saturated rings. The third-order valence-electron chi connectivity index (χ3n) is 3.90. The van der Waals surface area contributed by atoms with Gasteiger partial charge in [0.1, 0.15) is 6.04 Å². The number of amides is 1. The van der Waals surface area contributed by atoms with E-state index in [0.29, 0.717) is 35.2 Å². The van der Waals surface area contributed by atoms with Gasteiger partial charge in [0.15, 0.2) is 5.52 Å². The van der Waals surface area contributed by atoms with Crippen LogP contribution in [0.4, 0.5) is 11.4 Å². The van der Waals surface area contributed by atoms with E-state index in [1.807, 2.05) is 6.07 Å². The SMILES string of the molecule is Cc1cc(NC2CCN(C)C2=O)c2cccc([N+](=O)[O-])c2n1. The summed E-state index contributed by atoms with van der Waals surface area (Å²) in [6.07, 6.45) is 0.715. The highest BCUT2D eigenvalue weighted by atomic mass is 16.6. The van der Waals surface area contributed by atoms with Crippen molar-refractivity contribution in [3.8, 4) is 0 Å². The molecule has 0 bridgehead atoms. The molecule has 3 rings (SSSR count). The first kappa shape index (κ1) is 14.2. The number of likely N-dealkylation sites (tertiary alicyclic amines) is 1. The standard InChI is InChI=1S/C15H16N4O3/c1-9-8-12(17-11-6-7-18(2)15(11)20)10-4-3-5-13(19(21)22)14(10)16-9/h3-5,8,11H,6-7H2,1-2H3,(H,16,17). The van der Waals surface area contributed by atoms with Gasteiger partial charge in [0, 0.05) is 36.4 Å². The van der Waals surface area contributed by atoms with Crippen LogP contribution >= 0.6 is 0 Å². The zero-order valence-electron chi connectivity index (χ0n) is 12.4. The monoisotopic (exact) mass is 300 g/mol. The number of aromatic nitrogens is 1. The van der Waals surface area contributed by atoms with Crippen molar-refractivity contribution in [2.24, 2.45) is 0 Å². The summed E-state index contributed by atoms with van der Waals surface area (Å²) in [6.45, 7) is 2.49. The number of fused-ring (bicyclic) bond motifs is 1. The fourth-order valence-corrected chi connectivity index (χ4v) is 2.77. The highest BCUT2D eigenvalue weighted by Crippen LogP contribution is 2.31. The average Bonchev–Trinajstić information content (AvgIpc) is 2.78. The van der Waals surface area contributed by atoms with Crippen LogP contribution in [0, 0.1) is 17.0 Å². The summed E-state index contributed by atoms with van der Waals surface area (Å²) in [6, 6.07) is 6.37. The number of para-hydroxylation sites is 1. The summed E-state index contributed by atoms with van der Waals surface area (Å²) in [5.74, 6) is 0.0352. The number of nitrogens with one attached hydrogen (secondary N) is 1. The number of nitro benzene ring substituents is 1. The van der Waals surface area contributed by atoms with Gasteiger partial charge in [-0.25, -0.2) is 4.98 Å². The van der Waals surface area contributed by atoms with E-state index in [0.717, 1.165) is 0 Å². The molecule has 0 spiro atoms. The van der Waals surface area contributed by atoms with Crippen LogP contribution in [0.5, 0.6) is 0 Å². The summed E-state index contributed by atoms with van der Waals surface area (Å²) in [5.41, 5.74) is 1.69. The van der Waals surface area contributed by atoms with Crippen LogP contribution in [0.25, 0.3) is 10.9 Å². The molecule has 2 heterocycles. The minimum atomic E-state index is -0.437. The van der Waals surface area contributed by atoms with Crippen LogP contribution in [0.2, 0.25) is 0 Å². The van der Waals surface area contributed by atoms with Gasteiger partial charge in [0.05, 0.1) is 4.92 Å². The van der Waals surface area contributed by atoms with Gasteiger partial charge in [0.25, 0.3) is 5.69 Å². The number of carbonyl (C=O) groups excluding carboxylic acids is 1. The van der Waals surface area contributed by atoms with E-state index in [-0.39, 0.29) is 17.6 Å². The molecule has 1 N–H and O–H groups in total. The van der Waals surface area contributed by atoms with Gasteiger partial charge in [0.2, 0.25) is 5.91 Å². The van der Waals surface area contributed by atoms with Gasteiger partial charge in [-0.15, -0.1) is 0 Å². The molecule has 0 aliphatic carbocycles. The molecule has 1 amide bonds. The van der Waals surface area contributed by atoms with Crippen molar-refractivity contribution in [1.82, 2.24) is 9.88 Å². The van der Waals surface area contributed by atoms with E-state index < -0.39 is 4.92 Å². The van der Waals surface area contributed by atoms with E-state index in [1.54, 1.807) is 31.0 Å². The van der Waals surface area contributed by atoms with Gasteiger partial charge < -0.3 is 10.2 Å². The zero-order valence-corrected chi connectivity index (χ0v) is 12.4. The zero-order chi connectivity index (χ0) is 15.9. The molecule has 1 unspecified atom stereocenters. The first-order valence-corrected chi connectivity index (χ1v) is 7.03. The van der Waals surface area contributed by atoms with Crippen molar-refractivity contribution in [1.29, 1.82) is 0 Å². The second-order valence-corrected chi connectivity index (χ2v) is 5.49. The number of likely N-dealkylation sites (N-methyl/N-ethyl adjacent to an activating group) is 1. The molecular formula is C15H16N4O3. The Morgan fingerprint density at radius 2 is 2.23 bits per heavy atom. The number of pyridine rings is 1. The number of nitrogens with zero attached hydrogens (tertiary/aromatic N) is 3. The third-order valence-corrected chi connectivity index (χ3v) is 3.90. The molecule has 114 valence electrons. The van der Waals surface area contributed by atoms with Crippen molar-refractivity contribution >= 4 is 28.2 Å². The second kappa shape index (κ2) is 5.25. The molecule has 1 atom stereocenters. The second-order valence-electron chi connectivity index (χ2n) is 5.49. The Kier molecular flexibility index (Phi) is 3.40. The van der Waals surface area contributed by atoms with E-state index in [4.69, 9.17) is 0 Å². The smallest absolute Gasteiger partial charge is 0.295 e. The van der Waals surface area contributed by atoms with Crippen molar-refractivity contribution < 1.29 is 9.72 Å². The minimum Gasteiger partial charge on any atom is -0.373 e. The topological polar surface area (TPSA) is 88.4 Å². The Labute approximate surface area is 127 Å². The van der Waals surface area contributed by atoms with Crippen LogP contribution in [-0.4, -0.2) is 40.3 Å². The van der Waals surface area contributed by atoms with Crippen LogP contribution in [0.15, 0.2) is 24.3 Å². The molecule has 1 aliphatic rings. The summed E-state index contributed by atoms with van der Waals surface area (Å²) in [4.78, 5) is 28.7. The number of aryl methyl sites for hydroxylation is 1. The van der Waals surface area contributed by atoms with Gasteiger partial charge in [-0.3, -0.25) is 14.9 Å². The van der Waals surface area contributed by atoms with Crippen LogP contribution in [0.1, 0.15) is 12.1 Å². The highest BCUT2D eigenvalue weighted by Gasteiger charge is 2.29. The Hall–Kier alpha value is -2.70. The van der Waals surface area contributed by atoms with Crippen molar-refractivity contribution in [3.63, 3.8) is 0 Å². The normalized spacial score (nSPS) is 18.0. The lowest BCUT2D eigenvalue weighted by atomic mass is 10.1. The Morgan fingerprint density at radius 3 is 2.86 bits per heavy atom. The van der Waals surface area contributed by atoms with E-state index >= 15 is 0 Å². The van der Waals surface area contributed by atoms with Gasteiger partial charge >= 0.3 is 0 Å². The lowest BCUT2D eigenvalue weighted by Crippen LogP contribution is -2.31. The first-order valence-electron chi connectivity index (χ1n) is 7.03. The molecule has 0 radical (unpaired) electrons. The highest BCUT2D eigenvalue weighted by molar-refractivity contribution is 5.98. The van der Waals surface area contributed by atoms with Crippen molar-refractivity contribution in [2.45, 2.75) is 19.4 Å². The number of hydrogen-bond acceptors (Lipinski definition) is 5. The Bertz CT molecular complexity index is 775. The predicted octanol–water partition coefficient (Wildman–Crippen LogP) is 2.09. The molecule has 7 heteroatoms. The molecule has 2 aromatic rings. The maximum absolute atomic E-state index is 12.0. The average molecular weight is 300 g/mol. The van der Waals surface area contributed by atoms with Crippen molar-refractivity contribution in [2.75, 3.05) is 18.9 Å². The molecule has 1 aliphatic heterocycles. The Balaban J connectivity index is 2.08. The van der Waals surface area contributed by atoms with Crippen molar-refractivity contribution in [3.05, 3.63) is 40.1 Å². The summed E-state index contributed by atoms with van der Waals surface area (Å²) < 4.78 is 0. The maximum atomic E-state index is 12.0. The van der Waals surface area contributed by atoms with Gasteiger partial charge in [-0.1, -0.05) is 12.1 Å². The van der Waals surface area contributed by atoms with Crippen LogP contribution in [0.3, 0.4) is 0 Å². The summed E-state index contributed by atoms with van der Waals surface area (Å²) >= 11 is 0. The van der Waals surface area contributed by atoms with Gasteiger partial charge in [-0.2, -0.15) is 0 Å². The summed E-state index contributed by atoms with van der Waals surface area (Å²) in [7, 11) is 1.77. The molecule has 1 aromatic carbocycles. The van der Waals surface area contributed by atoms with Crippen LogP contribution in [-0.2, 0) is 4.79 Å². The van der Waals surface area contributed by atoms with Gasteiger partial charge in [-0.05, 0) is 19.4 Å². The van der Waals surface area contributed by atoms with E-state index in [1.165, 1.54) is 6.07 Å². The summed E-state index contributed by atoms with van der Waals surface area (Å²) in [5, 5.41) is 15.0. The fourth-order valence-electron chi connectivity index (χ4n) is 2.77. The van der Waals surface area contributed by atoms with E-state index in [2.05, 4.69) is 10.3 Å². The molecule has 0 saturated carbocycles. The minimum absolute atomic E-state index is 0.0286. The number of benzene rings is 1. The number of non-ortho nitro benzene ring substituents is 1. The first-order chi connectivity index (χ1) is 10.5. The number of hydrogen-bond donors (Lipinski definition) is 1. The van der Waals surface area contributed by atoms with Crippen LogP contribution < -0.4 is 5.32 Å². The lowest BCUT2D eigenvalue weighted by Gasteiger charge is -2.15. The van der Waals surface area contributed by atoms with E-state index in [9.17, 15) is 14.9 Å². The number of anilines is 1. The molecule has 1 aromatic heterocycles. The molecule has 22 heavy (non-hydrogen) atoms. The lowest BCUT2D eigenvalue weighted by molar-refractivity contribution is -0.383. The quantitative estimate of drug-likeness (QED) is 0.692.